The van der Waals surface area contributed by atoms with E-state index in [1.165, 1.54) is 6.07 Å². The number of halogens is 1. The summed E-state index contributed by atoms with van der Waals surface area (Å²) in [5.41, 5.74) is 1.53. The van der Waals surface area contributed by atoms with Crippen molar-refractivity contribution >= 4 is 5.91 Å². The van der Waals surface area contributed by atoms with E-state index in [0.717, 1.165) is 5.75 Å². The SMILES string of the molecule is O=C1COc2ccc(-c3ccccc3F)nc2CN1CCOc1ccccc1. The van der Waals surface area contributed by atoms with E-state index in [1.54, 1.807) is 35.2 Å². The number of nitrogens with zero attached hydrogens (tertiary/aromatic N) is 2. The van der Waals surface area contributed by atoms with E-state index in [4.69, 9.17) is 9.47 Å². The summed E-state index contributed by atoms with van der Waals surface area (Å²) in [7, 11) is 0. The van der Waals surface area contributed by atoms with Gasteiger partial charge in [-0.05, 0) is 36.4 Å². The summed E-state index contributed by atoms with van der Waals surface area (Å²) in [6.07, 6.45) is 0. The molecule has 0 atom stereocenters. The highest BCUT2D eigenvalue weighted by atomic mass is 19.1. The number of para-hydroxylation sites is 1. The third-order valence-corrected chi connectivity index (χ3v) is 4.50. The minimum absolute atomic E-state index is 0.0565. The first kappa shape index (κ1) is 18.0. The summed E-state index contributed by atoms with van der Waals surface area (Å²) in [5, 5.41) is 0. The Morgan fingerprint density at radius 2 is 1.82 bits per heavy atom. The molecule has 142 valence electrons. The molecule has 0 N–H and O–H groups in total. The van der Waals surface area contributed by atoms with Crippen LogP contribution in [0.3, 0.4) is 0 Å². The normalized spacial score (nSPS) is 13.5. The number of ether oxygens (including phenoxy) is 2. The fourth-order valence-electron chi connectivity index (χ4n) is 3.05. The van der Waals surface area contributed by atoms with Crippen molar-refractivity contribution in [3.8, 4) is 22.8 Å². The van der Waals surface area contributed by atoms with Crippen molar-refractivity contribution in [2.75, 3.05) is 19.8 Å². The summed E-state index contributed by atoms with van der Waals surface area (Å²) < 4.78 is 25.4. The molecule has 0 fully saturated rings. The Balaban J connectivity index is 1.51. The molecule has 28 heavy (non-hydrogen) atoms. The molecule has 0 spiro atoms. The van der Waals surface area contributed by atoms with Gasteiger partial charge < -0.3 is 14.4 Å². The predicted molar refractivity (Wildman–Crippen MR) is 102 cm³/mol. The molecule has 6 heteroatoms. The number of hydrogen-bond acceptors (Lipinski definition) is 4. The summed E-state index contributed by atoms with van der Waals surface area (Å²) >= 11 is 0. The Bertz CT molecular complexity index is 979. The smallest absolute Gasteiger partial charge is 0.260 e. The highest BCUT2D eigenvalue weighted by molar-refractivity contribution is 5.78. The molecule has 0 unspecified atom stereocenters. The quantitative estimate of drug-likeness (QED) is 0.680. The van der Waals surface area contributed by atoms with Crippen LogP contribution in [0, 0.1) is 5.82 Å². The van der Waals surface area contributed by atoms with E-state index in [0.29, 0.717) is 35.9 Å². The number of pyridine rings is 1. The Kier molecular flexibility index (Phi) is 5.19. The van der Waals surface area contributed by atoms with E-state index in [1.807, 2.05) is 30.3 Å². The van der Waals surface area contributed by atoms with Crippen molar-refractivity contribution in [3.05, 3.63) is 78.2 Å². The zero-order valence-electron chi connectivity index (χ0n) is 15.2. The van der Waals surface area contributed by atoms with Crippen LogP contribution in [0.5, 0.6) is 11.5 Å². The molecule has 0 saturated heterocycles. The Hall–Kier alpha value is -3.41. The molecule has 3 aromatic rings. The van der Waals surface area contributed by atoms with Crippen molar-refractivity contribution < 1.29 is 18.7 Å². The Labute approximate surface area is 162 Å². The monoisotopic (exact) mass is 378 g/mol. The molecular formula is C22H19FN2O3. The van der Waals surface area contributed by atoms with Gasteiger partial charge in [-0.2, -0.15) is 0 Å². The fourth-order valence-corrected chi connectivity index (χ4v) is 3.05. The second-order valence-corrected chi connectivity index (χ2v) is 6.39. The van der Waals surface area contributed by atoms with Crippen LogP contribution in [0.1, 0.15) is 5.69 Å². The minimum Gasteiger partial charge on any atom is -0.492 e. The number of aromatic nitrogens is 1. The van der Waals surface area contributed by atoms with Crippen molar-refractivity contribution in [1.29, 1.82) is 0 Å². The lowest BCUT2D eigenvalue weighted by atomic mass is 10.1. The summed E-state index contributed by atoms with van der Waals surface area (Å²) in [5.74, 6) is 0.817. The second kappa shape index (κ2) is 8.08. The lowest BCUT2D eigenvalue weighted by molar-refractivity contribution is -0.133. The van der Waals surface area contributed by atoms with Gasteiger partial charge in [0.15, 0.2) is 6.61 Å². The van der Waals surface area contributed by atoms with Crippen LogP contribution in [0.4, 0.5) is 4.39 Å². The Morgan fingerprint density at radius 1 is 1.04 bits per heavy atom. The van der Waals surface area contributed by atoms with Gasteiger partial charge in [-0.15, -0.1) is 0 Å². The third-order valence-electron chi connectivity index (χ3n) is 4.50. The minimum atomic E-state index is -0.339. The number of hydrogen-bond donors (Lipinski definition) is 0. The maximum Gasteiger partial charge on any atom is 0.260 e. The second-order valence-electron chi connectivity index (χ2n) is 6.39. The molecule has 4 rings (SSSR count). The molecule has 0 saturated carbocycles. The van der Waals surface area contributed by atoms with E-state index in [2.05, 4.69) is 4.98 Å². The van der Waals surface area contributed by atoms with Gasteiger partial charge in [-0.3, -0.25) is 4.79 Å². The molecule has 5 nitrogen and oxygen atoms in total. The molecule has 1 aromatic heterocycles. The van der Waals surface area contributed by atoms with Crippen LogP contribution in [-0.4, -0.2) is 35.5 Å². The maximum absolute atomic E-state index is 14.1. The lowest BCUT2D eigenvalue weighted by Crippen LogP contribution is -2.35. The molecule has 2 aromatic carbocycles. The molecule has 0 aliphatic carbocycles. The number of carbonyl (C=O) groups is 1. The first-order valence-electron chi connectivity index (χ1n) is 9.04. The first-order valence-corrected chi connectivity index (χ1v) is 9.04. The van der Waals surface area contributed by atoms with E-state index < -0.39 is 0 Å². The largest absolute Gasteiger partial charge is 0.492 e. The molecule has 0 bridgehead atoms. The van der Waals surface area contributed by atoms with Gasteiger partial charge in [0.2, 0.25) is 0 Å². The predicted octanol–water partition coefficient (Wildman–Crippen LogP) is 3.69. The van der Waals surface area contributed by atoms with Crippen LogP contribution in [0.2, 0.25) is 0 Å². The number of amides is 1. The molecular weight excluding hydrogens is 359 g/mol. The van der Waals surface area contributed by atoms with Gasteiger partial charge in [0.1, 0.15) is 29.6 Å². The van der Waals surface area contributed by atoms with Crippen molar-refractivity contribution in [2.45, 2.75) is 6.54 Å². The highest BCUT2D eigenvalue weighted by Crippen LogP contribution is 2.27. The Morgan fingerprint density at radius 3 is 2.64 bits per heavy atom. The van der Waals surface area contributed by atoms with Gasteiger partial charge >= 0.3 is 0 Å². The van der Waals surface area contributed by atoms with Crippen LogP contribution >= 0.6 is 0 Å². The number of rotatable bonds is 5. The van der Waals surface area contributed by atoms with E-state index >= 15 is 0 Å². The van der Waals surface area contributed by atoms with Crippen LogP contribution in [0.15, 0.2) is 66.7 Å². The standard InChI is InChI=1S/C22H19FN2O3/c23-18-9-5-4-8-17(18)19-10-11-21-20(24-19)14-25(22(26)15-28-21)12-13-27-16-6-2-1-3-7-16/h1-11H,12-15H2. The summed E-state index contributed by atoms with van der Waals surface area (Å²) in [4.78, 5) is 18.6. The third kappa shape index (κ3) is 3.96. The first-order chi connectivity index (χ1) is 13.7. The van der Waals surface area contributed by atoms with Crippen LogP contribution < -0.4 is 9.47 Å². The average molecular weight is 378 g/mol. The number of carbonyl (C=O) groups excluding carboxylic acids is 1. The maximum atomic E-state index is 14.1. The van der Waals surface area contributed by atoms with Crippen molar-refractivity contribution in [2.24, 2.45) is 0 Å². The van der Waals surface area contributed by atoms with E-state index in [9.17, 15) is 9.18 Å². The van der Waals surface area contributed by atoms with Gasteiger partial charge in [-0.1, -0.05) is 30.3 Å². The van der Waals surface area contributed by atoms with Gasteiger partial charge in [-0.25, -0.2) is 9.37 Å². The van der Waals surface area contributed by atoms with Crippen molar-refractivity contribution in [1.82, 2.24) is 9.88 Å². The molecule has 1 amide bonds. The van der Waals surface area contributed by atoms with Gasteiger partial charge in [0.05, 0.1) is 18.8 Å². The van der Waals surface area contributed by atoms with Crippen molar-refractivity contribution in [3.63, 3.8) is 0 Å². The number of fused-ring (bicyclic) bond motifs is 1. The average Bonchev–Trinajstić information content (AvgIpc) is 2.88. The van der Waals surface area contributed by atoms with Gasteiger partial charge in [0.25, 0.3) is 5.91 Å². The number of benzene rings is 2. The summed E-state index contributed by atoms with van der Waals surface area (Å²) in [6, 6.07) is 19.4. The van der Waals surface area contributed by atoms with E-state index in [-0.39, 0.29) is 24.9 Å². The van der Waals surface area contributed by atoms with Crippen LogP contribution in [-0.2, 0) is 11.3 Å². The van der Waals surface area contributed by atoms with Crippen LogP contribution in [0.25, 0.3) is 11.3 Å². The van der Waals surface area contributed by atoms with Gasteiger partial charge in [0, 0.05) is 5.56 Å². The zero-order chi connectivity index (χ0) is 19.3. The summed E-state index contributed by atoms with van der Waals surface area (Å²) in [6.45, 7) is 0.994. The zero-order valence-corrected chi connectivity index (χ0v) is 15.2. The molecule has 1 aliphatic heterocycles. The fraction of sp³-hybridized carbons (Fsp3) is 0.182. The molecule has 0 radical (unpaired) electrons. The molecule has 2 heterocycles. The molecule has 1 aliphatic rings. The highest BCUT2D eigenvalue weighted by Gasteiger charge is 2.23. The topological polar surface area (TPSA) is 51.7 Å². The lowest BCUT2D eigenvalue weighted by Gasteiger charge is -2.20.